The second kappa shape index (κ2) is 6.54. The number of nitrogens with zero attached hydrogens (tertiary/aromatic N) is 1. The summed E-state index contributed by atoms with van der Waals surface area (Å²) in [6.45, 7) is 1.58. The molecule has 27 heavy (non-hydrogen) atoms. The summed E-state index contributed by atoms with van der Waals surface area (Å²) < 4.78 is 0. The van der Waals surface area contributed by atoms with Crippen LogP contribution < -0.4 is 10.6 Å². The lowest BCUT2D eigenvalue weighted by Crippen LogP contribution is -2.44. The molecule has 0 aromatic heterocycles. The predicted molar refractivity (Wildman–Crippen MR) is 99.7 cm³/mol. The Kier molecular flexibility index (Phi) is 4.18. The van der Waals surface area contributed by atoms with Gasteiger partial charge in [-0.2, -0.15) is 0 Å². The fraction of sp³-hybridized carbons (Fsp3) is 0.286. The average Bonchev–Trinajstić information content (AvgIpc) is 3.16. The molecule has 2 aromatic carbocycles. The molecule has 138 valence electrons. The Morgan fingerprint density at radius 3 is 2.63 bits per heavy atom. The maximum atomic E-state index is 13.1. The van der Waals surface area contributed by atoms with Crippen molar-refractivity contribution in [3.8, 4) is 0 Å². The van der Waals surface area contributed by atoms with Crippen molar-refractivity contribution in [3.63, 3.8) is 0 Å². The Morgan fingerprint density at radius 2 is 1.85 bits per heavy atom. The Bertz CT molecular complexity index is 912. The van der Waals surface area contributed by atoms with Crippen molar-refractivity contribution in [2.75, 3.05) is 6.54 Å². The molecule has 0 radical (unpaired) electrons. The highest BCUT2D eigenvalue weighted by atomic mass is 16.2. The maximum absolute atomic E-state index is 13.1. The quantitative estimate of drug-likeness (QED) is 0.818. The fourth-order valence-corrected chi connectivity index (χ4v) is 3.99. The number of hydrogen-bond donors (Lipinski definition) is 2. The van der Waals surface area contributed by atoms with Gasteiger partial charge in [-0.05, 0) is 36.5 Å². The van der Waals surface area contributed by atoms with E-state index in [1.54, 1.807) is 0 Å². The van der Waals surface area contributed by atoms with Crippen molar-refractivity contribution >= 4 is 17.8 Å². The van der Waals surface area contributed by atoms with Crippen LogP contribution in [-0.4, -0.2) is 29.3 Å². The van der Waals surface area contributed by atoms with Crippen LogP contribution in [0.5, 0.6) is 0 Å². The highest BCUT2D eigenvalue weighted by Crippen LogP contribution is 2.41. The molecule has 0 bridgehead atoms. The van der Waals surface area contributed by atoms with Crippen molar-refractivity contribution in [2.45, 2.75) is 31.3 Å². The Labute approximate surface area is 157 Å². The minimum absolute atomic E-state index is 0.208. The molecule has 1 aliphatic heterocycles. The number of carbonyl (C=O) groups excluding carboxylic acids is 3. The van der Waals surface area contributed by atoms with Crippen molar-refractivity contribution in [3.05, 3.63) is 71.3 Å². The fourth-order valence-electron chi connectivity index (χ4n) is 3.99. The highest BCUT2D eigenvalue weighted by molar-refractivity contribution is 6.09. The van der Waals surface area contributed by atoms with Gasteiger partial charge in [0, 0.05) is 0 Å². The van der Waals surface area contributed by atoms with Gasteiger partial charge >= 0.3 is 6.03 Å². The minimum atomic E-state index is -1.03. The number of aryl methyl sites for hydroxylation is 1. The van der Waals surface area contributed by atoms with Crippen molar-refractivity contribution in [2.24, 2.45) is 0 Å². The number of carbonyl (C=O) groups is 3. The zero-order chi connectivity index (χ0) is 19.0. The van der Waals surface area contributed by atoms with Crippen molar-refractivity contribution in [1.82, 2.24) is 15.5 Å². The first-order valence-corrected chi connectivity index (χ1v) is 9.08. The normalized spacial score (nSPS) is 21.9. The van der Waals surface area contributed by atoms with E-state index in [9.17, 15) is 14.4 Å². The second-order valence-electron chi connectivity index (χ2n) is 7.08. The molecule has 6 heteroatoms. The van der Waals surface area contributed by atoms with Gasteiger partial charge in [0.05, 0.1) is 6.04 Å². The molecule has 1 spiro atoms. The summed E-state index contributed by atoms with van der Waals surface area (Å²) in [5.74, 6) is -0.710. The number of hydrogen-bond acceptors (Lipinski definition) is 3. The van der Waals surface area contributed by atoms with Crippen LogP contribution in [0.25, 0.3) is 0 Å². The maximum Gasteiger partial charge on any atom is 0.325 e. The molecule has 1 heterocycles. The standard InChI is InChI=1S/C21H21N3O3/c1-14(15-7-3-2-4-8-15)22-18(25)13-24-19(26)21(23-20(24)27)12-11-16-9-5-6-10-17(16)21/h2-10,14H,11-13H2,1H3,(H,22,25)(H,23,27)/t14-,21-/m1/s1. The van der Waals surface area contributed by atoms with Gasteiger partial charge in [-0.1, -0.05) is 54.6 Å². The van der Waals surface area contributed by atoms with Crippen LogP contribution in [0.2, 0.25) is 0 Å². The number of benzene rings is 2. The molecule has 4 rings (SSSR count). The van der Waals surface area contributed by atoms with E-state index in [0.717, 1.165) is 28.0 Å². The molecule has 2 N–H and O–H groups in total. The first-order chi connectivity index (χ1) is 13.0. The SMILES string of the molecule is C[C@@H](NC(=O)CN1C(=O)N[C@@]2(CCc3ccccc32)C1=O)c1ccccc1. The Balaban J connectivity index is 1.48. The first kappa shape index (κ1) is 17.3. The summed E-state index contributed by atoms with van der Waals surface area (Å²) in [7, 11) is 0. The third-order valence-corrected chi connectivity index (χ3v) is 5.40. The molecule has 6 nitrogen and oxygen atoms in total. The van der Waals surface area contributed by atoms with E-state index in [-0.39, 0.29) is 24.4 Å². The van der Waals surface area contributed by atoms with Gasteiger partial charge < -0.3 is 10.6 Å². The van der Waals surface area contributed by atoms with E-state index in [4.69, 9.17) is 0 Å². The smallest absolute Gasteiger partial charge is 0.325 e. The van der Waals surface area contributed by atoms with Gasteiger partial charge in [0.1, 0.15) is 12.1 Å². The molecule has 1 saturated heterocycles. The Hall–Kier alpha value is -3.15. The predicted octanol–water partition coefficient (Wildman–Crippen LogP) is 2.26. The summed E-state index contributed by atoms with van der Waals surface area (Å²) in [4.78, 5) is 39.0. The number of imide groups is 1. The summed E-state index contributed by atoms with van der Waals surface area (Å²) in [5, 5.41) is 5.68. The summed E-state index contributed by atoms with van der Waals surface area (Å²) in [6, 6.07) is 16.5. The third-order valence-electron chi connectivity index (χ3n) is 5.40. The molecule has 4 amide bonds. The number of amides is 4. The lowest BCUT2D eigenvalue weighted by atomic mass is 9.92. The van der Waals surface area contributed by atoms with E-state index in [1.165, 1.54) is 0 Å². The van der Waals surface area contributed by atoms with Gasteiger partial charge in [-0.15, -0.1) is 0 Å². The monoisotopic (exact) mass is 363 g/mol. The van der Waals surface area contributed by atoms with Gasteiger partial charge in [0.15, 0.2) is 0 Å². The lowest BCUT2D eigenvalue weighted by Gasteiger charge is -2.22. The van der Waals surface area contributed by atoms with Crippen LogP contribution in [-0.2, 0) is 21.5 Å². The molecule has 0 saturated carbocycles. The molecule has 0 unspecified atom stereocenters. The minimum Gasteiger partial charge on any atom is -0.348 e. The number of fused-ring (bicyclic) bond motifs is 2. The molecule has 2 aliphatic rings. The van der Waals surface area contributed by atoms with E-state index in [0.29, 0.717) is 6.42 Å². The third kappa shape index (κ3) is 2.87. The first-order valence-electron chi connectivity index (χ1n) is 9.08. The Morgan fingerprint density at radius 1 is 1.15 bits per heavy atom. The van der Waals surface area contributed by atoms with Gasteiger partial charge in [0.2, 0.25) is 5.91 Å². The lowest BCUT2D eigenvalue weighted by molar-refractivity contribution is -0.135. The molecule has 2 aromatic rings. The summed E-state index contributed by atoms with van der Waals surface area (Å²) >= 11 is 0. The van der Waals surface area contributed by atoms with E-state index in [1.807, 2.05) is 61.5 Å². The van der Waals surface area contributed by atoms with Crippen molar-refractivity contribution < 1.29 is 14.4 Å². The summed E-state index contributed by atoms with van der Waals surface area (Å²) in [6.07, 6.45) is 1.25. The highest BCUT2D eigenvalue weighted by Gasteiger charge is 2.55. The van der Waals surface area contributed by atoms with Crippen LogP contribution in [0.15, 0.2) is 54.6 Å². The summed E-state index contributed by atoms with van der Waals surface area (Å²) in [5.41, 5.74) is 1.84. The number of nitrogens with one attached hydrogen (secondary N) is 2. The van der Waals surface area contributed by atoms with Gasteiger partial charge in [-0.3, -0.25) is 14.5 Å². The largest absolute Gasteiger partial charge is 0.348 e. The molecule has 2 atom stereocenters. The van der Waals surface area contributed by atoms with Gasteiger partial charge in [0.25, 0.3) is 5.91 Å². The molecular formula is C21H21N3O3. The van der Waals surface area contributed by atoms with Crippen molar-refractivity contribution in [1.29, 1.82) is 0 Å². The molecule has 1 fully saturated rings. The zero-order valence-electron chi connectivity index (χ0n) is 15.1. The number of rotatable bonds is 4. The van der Waals surface area contributed by atoms with Crippen LogP contribution in [0.3, 0.4) is 0 Å². The topological polar surface area (TPSA) is 78.5 Å². The molecule has 1 aliphatic carbocycles. The second-order valence-corrected chi connectivity index (χ2v) is 7.08. The van der Waals surface area contributed by atoms with E-state index >= 15 is 0 Å². The van der Waals surface area contributed by atoms with Crippen LogP contribution >= 0.6 is 0 Å². The zero-order valence-corrected chi connectivity index (χ0v) is 15.1. The van der Waals surface area contributed by atoms with Crippen LogP contribution in [0.1, 0.15) is 36.1 Å². The number of urea groups is 1. The van der Waals surface area contributed by atoms with Gasteiger partial charge in [-0.25, -0.2) is 4.79 Å². The average molecular weight is 363 g/mol. The molecular weight excluding hydrogens is 342 g/mol. The van der Waals surface area contributed by atoms with E-state index in [2.05, 4.69) is 10.6 Å². The van der Waals surface area contributed by atoms with E-state index < -0.39 is 11.6 Å². The van der Waals surface area contributed by atoms with Crippen LogP contribution in [0, 0.1) is 0 Å². The van der Waals surface area contributed by atoms with Crippen LogP contribution in [0.4, 0.5) is 4.79 Å².